The van der Waals surface area contributed by atoms with E-state index in [0.717, 1.165) is 22.5 Å². The number of hydrogen-bond donors (Lipinski definition) is 0. The minimum Gasteiger partial charge on any atom is -0.462 e. The van der Waals surface area contributed by atoms with E-state index in [9.17, 15) is 4.79 Å². The number of rotatable bonds is 2. The first-order valence-corrected chi connectivity index (χ1v) is 7.66. The molecule has 0 saturated carbocycles. The number of carbonyl (C=O) groups excluding carboxylic acids is 1. The zero-order valence-electron chi connectivity index (χ0n) is 11.8. The van der Waals surface area contributed by atoms with Gasteiger partial charge in [0.15, 0.2) is 0 Å². The highest BCUT2D eigenvalue weighted by Gasteiger charge is 2.33. The highest BCUT2D eigenvalue weighted by molar-refractivity contribution is 8.00. The van der Waals surface area contributed by atoms with Crippen molar-refractivity contribution in [3.05, 3.63) is 35.4 Å². The van der Waals surface area contributed by atoms with Gasteiger partial charge in [-0.05, 0) is 38.0 Å². The summed E-state index contributed by atoms with van der Waals surface area (Å²) in [5, 5.41) is 1.95. The van der Waals surface area contributed by atoms with E-state index in [1.165, 1.54) is 22.7 Å². The summed E-state index contributed by atoms with van der Waals surface area (Å²) in [6.45, 7) is 6.08. The van der Waals surface area contributed by atoms with E-state index in [1.807, 2.05) is 6.92 Å². The summed E-state index contributed by atoms with van der Waals surface area (Å²) in [5.41, 5.74) is 3.38. The lowest BCUT2D eigenvalue weighted by Gasteiger charge is -2.09. The molecule has 1 aliphatic rings. The maximum atomic E-state index is 11.7. The second-order valence-electron chi connectivity index (χ2n) is 5.34. The summed E-state index contributed by atoms with van der Waals surface area (Å²) < 4.78 is 5.20. The van der Waals surface area contributed by atoms with E-state index in [2.05, 4.69) is 38.1 Å². The molecule has 2 atom stereocenters. The van der Waals surface area contributed by atoms with Crippen LogP contribution in [0.15, 0.2) is 29.3 Å². The molecule has 4 heteroatoms. The average Bonchev–Trinajstić information content (AvgIpc) is 2.69. The second kappa shape index (κ2) is 5.09. The van der Waals surface area contributed by atoms with Crippen LogP contribution in [0.4, 0.5) is 0 Å². The first-order valence-electron chi connectivity index (χ1n) is 6.78. The fourth-order valence-electron chi connectivity index (χ4n) is 2.55. The summed E-state index contributed by atoms with van der Waals surface area (Å²) in [6, 6.07) is 8.26. The lowest BCUT2D eigenvalue weighted by Crippen LogP contribution is -2.09. The van der Waals surface area contributed by atoms with E-state index in [0.29, 0.717) is 0 Å². The average molecular weight is 287 g/mol. The molecular weight excluding hydrogens is 270 g/mol. The third-order valence-corrected chi connectivity index (χ3v) is 4.73. The molecular formula is C16H17NO2S. The Balaban J connectivity index is 1.97. The molecule has 1 saturated heterocycles. The molecule has 0 amide bonds. The quantitative estimate of drug-likeness (QED) is 0.790. The number of nitrogens with zero attached hydrogens (tertiary/aromatic N) is 1. The maximum Gasteiger partial charge on any atom is 0.319 e. The van der Waals surface area contributed by atoms with Gasteiger partial charge in [0.25, 0.3) is 0 Å². The van der Waals surface area contributed by atoms with Crippen molar-refractivity contribution in [1.29, 1.82) is 0 Å². The summed E-state index contributed by atoms with van der Waals surface area (Å²) in [4.78, 5) is 16.4. The molecule has 1 aromatic heterocycles. The Kier molecular flexibility index (Phi) is 3.42. The third kappa shape index (κ3) is 2.40. The monoisotopic (exact) mass is 287 g/mol. The van der Waals surface area contributed by atoms with Crippen molar-refractivity contribution in [2.45, 2.75) is 43.6 Å². The summed E-state index contributed by atoms with van der Waals surface area (Å²) in [5.74, 6) is -0.119. The molecule has 0 spiro atoms. The number of aryl methyl sites for hydroxylation is 2. The van der Waals surface area contributed by atoms with Crippen molar-refractivity contribution < 1.29 is 9.53 Å². The van der Waals surface area contributed by atoms with E-state index < -0.39 is 0 Å². The van der Waals surface area contributed by atoms with Gasteiger partial charge in [-0.2, -0.15) is 0 Å². The number of thioether (sulfide) groups is 1. The van der Waals surface area contributed by atoms with Gasteiger partial charge in [-0.25, -0.2) is 4.98 Å². The number of ether oxygens (including phenoxy) is 1. The SMILES string of the molecule is Cc1cc(S[C@@H]2C[C@@H](C)OC2=O)nc2c(C)cccc12. The van der Waals surface area contributed by atoms with Crippen LogP contribution >= 0.6 is 11.8 Å². The molecule has 0 aliphatic carbocycles. The Morgan fingerprint density at radius 3 is 2.80 bits per heavy atom. The molecule has 20 heavy (non-hydrogen) atoms. The minimum atomic E-state index is -0.127. The van der Waals surface area contributed by atoms with E-state index in [-0.39, 0.29) is 17.3 Å². The number of cyclic esters (lactones) is 1. The number of fused-ring (bicyclic) bond motifs is 1. The van der Waals surface area contributed by atoms with Gasteiger partial charge in [-0.15, -0.1) is 0 Å². The normalized spacial score (nSPS) is 22.2. The number of para-hydroxylation sites is 1. The van der Waals surface area contributed by atoms with E-state index in [4.69, 9.17) is 9.72 Å². The molecule has 1 aliphatic heterocycles. The van der Waals surface area contributed by atoms with Crippen LogP contribution < -0.4 is 0 Å². The Morgan fingerprint density at radius 1 is 1.30 bits per heavy atom. The van der Waals surface area contributed by atoms with Crippen LogP contribution in [-0.2, 0) is 9.53 Å². The Hall–Kier alpha value is -1.55. The zero-order valence-corrected chi connectivity index (χ0v) is 12.7. The number of hydrogen-bond acceptors (Lipinski definition) is 4. The van der Waals surface area contributed by atoms with Gasteiger partial charge < -0.3 is 4.74 Å². The lowest BCUT2D eigenvalue weighted by atomic mass is 10.1. The van der Waals surface area contributed by atoms with Gasteiger partial charge in [0, 0.05) is 11.8 Å². The lowest BCUT2D eigenvalue weighted by molar-refractivity contribution is -0.140. The molecule has 3 rings (SSSR count). The molecule has 0 unspecified atom stereocenters. The molecule has 3 nitrogen and oxygen atoms in total. The zero-order chi connectivity index (χ0) is 14.3. The van der Waals surface area contributed by atoms with E-state index in [1.54, 1.807) is 0 Å². The van der Waals surface area contributed by atoms with Crippen molar-refractivity contribution in [2.24, 2.45) is 0 Å². The first-order chi connectivity index (χ1) is 9.54. The van der Waals surface area contributed by atoms with Crippen molar-refractivity contribution in [3.8, 4) is 0 Å². The summed E-state index contributed by atoms with van der Waals surface area (Å²) in [7, 11) is 0. The van der Waals surface area contributed by atoms with Gasteiger partial charge in [0.1, 0.15) is 11.4 Å². The number of carbonyl (C=O) groups is 1. The van der Waals surface area contributed by atoms with Crippen molar-refractivity contribution in [1.82, 2.24) is 4.98 Å². The Morgan fingerprint density at radius 2 is 2.10 bits per heavy atom. The summed E-state index contributed by atoms with van der Waals surface area (Å²) >= 11 is 1.52. The van der Waals surface area contributed by atoms with Gasteiger partial charge >= 0.3 is 5.97 Å². The van der Waals surface area contributed by atoms with Gasteiger partial charge in [0.2, 0.25) is 0 Å². The second-order valence-corrected chi connectivity index (χ2v) is 6.56. The molecule has 1 fully saturated rings. The topological polar surface area (TPSA) is 39.2 Å². The van der Waals surface area contributed by atoms with Crippen LogP contribution in [0.1, 0.15) is 24.5 Å². The molecule has 1 aromatic carbocycles. The summed E-state index contributed by atoms with van der Waals surface area (Å²) in [6.07, 6.45) is 0.777. The number of esters is 1. The highest BCUT2D eigenvalue weighted by atomic mass is 32.2. The van der Waals surface area contributed by atoms with Crippen LogP contribution in [0, 0.1) is 13.8 Å². The standard InChI is InChI=1S/C16H17NO2S/c1-9-5-4-6-12-10(2)7-14(17-15(9)12)20-13-8-11(3)19-16(13)18/h4-7,11,13H,8H2,1-3H3/t11-,13-/m1/s1. The Bertz CT molecular complexity index is 683. The molecule has 0 radical (unpaired) electrons. The molecule has 2 heterocycles. The smallest absolute Gasteiger partial charge is 0.319 e. The highest BCUT2D eigenvalue weighted by Crippen LogP contribution is 2.33. The van der Waals surface area contributed by atoms with Crippen LogP contribution in [-0.4, -0.2) is 22.3 Å². The van der Waals surface area contributed by atoms with Crippen LogP contribution in [0.3, 0.4) is 0 Å². The third-order valence-electron chi connectivity index (χ3n) is 3.61. The number of benzene rings is 1. The fraction of sp³-hybridized carbons (Fsp3) is 0.375. The first kappa shape index (κ1) is 13.4. The largest absolute Gasteiger partial charge is 0.462 e. The number of aromatic nitrogens is 1. The van der Waals surface area contributed by atoms with Crippen molar-refractivity contribution in [2.75, 3.05) is 0 Å². The molecule has 0 N–H and O–H groups in total. The molecule has 2 aromatic rings. The van der Waals surface area contributed by atoms with E-state index >= 15 is 0 Å². The molecule has 0 bridgehead atoms. The molecule has 104 valence electrons. The van der Waals surface area contributed by atoms with Crippen LogP contribution in [0.25, 0.3) is 10.9 Å². The predicted molar refractivity (Wildman–Crippen MR) is 81.0 cm³/mol. The van der Waals surface area contributed by atoms with Crippen LogP contribution in [0.2, 0.25) is 0 Å². The maximum absolute atomic E-state index is 11.7. The van der Waals surface area contributed by atoms with Gasteiger partial charge in [0.05, 0.1) is 10.5 Å². The van der Waals surface area contributed by atoms with Crippen molar-refractivity contribution >= 4 is 28.6 Å². The Labute approximate surface area is 122 Å². The number of pyridine rings is 1. The van der Waals surface area contributed by atoms with Crippen LogP contribution in [0.5, 0.6) is 0 Å². The van der Waals surface area contributed by atoms with Gasteiger partial charge in [-0.1, -0.05) is 30.0 Å². The fourth-order valence-corrected chi connectivity index (χ4v) is 3.75. The predicted octanol–water partition coefficient (Wildman–Crippen LogP) is 3.65. The minimum absolute atomic E-state index is 0.0169. The van der Waals surface area contributed by atoms with Gasteiger partial charge in [-0.3, -0.25) is 4.79 Å². The van der Waals surface area contributed by atoms with Crippen molar-refractivity contribution in [3.63, 3.8) is 0 Å².